The molecule has 1 saturated heterocycles. The van der Waals surface area contributed by atoms with Gasteiger partial charge in [0.2, 0.25) is 5.91 Å². The molecule has 6 nitrogen and oxygen atoms in total. The molecule has 2 aromatic rings. The predicted molar refractivity (Wildman–Crippen MR) is 106 cm³/mol. The van der Waals surface area contributed by atoms with Crippen LogP contribution in [0.4, 0.5) is 11.4 Å². The highest BCUT2D eigenvalue weighted by Crippen LogP contribution is 2.31. The number of amides is 2. The maximum atomic E-state index is 12.9. The molecule has 2 aromatic carbocycles. The molecular weight excluding hydrogens is 342 g/mol. The Morgan fingerprint density at radius 1 is 1.00 bits per heavy atom. The first-order chi connectivity index (χ1) is 13.1. The van der Waals surface area contributed by atoms with Crippen molar-refractivity contribution < 1.29 is 14.3 Å². The van der Waals surface area contributed by atoms with Gasteiger partial charge in [0.05, 0.1) is 12.0 Å². The zero-order chi connectivity index (χ0) is 19.1. The maximum Gasteiger partial charge on any atom is 0.255 e. The van der Waals surface area contributed by atoms with E-state index in [-0.39, 0.29) is 11.8 Å². The molecule has 142 valence electrons. The van der Waals surface area contributed by atoms with Crippen LogP contribution in [-0.4, -0.2) is 38.6 Å². The van der Waals surface area contributed by atoms with Gasteiger partial charge in [0.15, 0.2) is 0 Å². The number of ether oxygens (including phenoxy) is 1. The van der Waals surface area contributed by atoms with Gasteiger partial charge in [-0.05, 0) is 56.3 Å². The molecule has 0 atom stereocenters. The summed E-state index contributed by atoms with van der Waals surface area (Å²) in [6.07, 6.45) is 1.47. The molecule has 0 saturated carbocycles. The van der Waals surface area contributed by atoms with Crippen LogP contribution in [0, 0.1) is 5.41 Å². The van der Waals surface area contributed by atoms with Crippen molar-refractivity contribution in [3.8, 4) is 0 Å². The summed E-state index contributed by atoms with van der Waals surface area (Å²) in [4.78, 5) is 25.2. The first kappa shape index (κ1) is 19.1. The fourth-order valence-electron chi connectivity index (χ4n) is 3.35. The van der Waals surface area contributed by atoms with Gasteiger partial charge in [0.25, 0.3) is 5.91 Å². The van der Waals surface area contributed by atoms with E-state index in [4.69, 9.17) is 4.74 Å². The van der Waals surface area contributed by atoms with Gasteiger partial charge in [0.1, 0.15) is 0 Å². The zero-order valence-electron chi connectivity index (χ0n) is 15.5. The Morgan fingerprint density at radius 2 is 1.67 bits per heavy atom. The lowest BCUT2D eigenvalue weighted by molar-refractivity contribution is -0.130. The van der Waals surface area contributed by atoms with E-state index in [1.165, 1.54) is 0 Å². The van der Waals surface area contributed by atoms with Crippen molar-refractivity contribution >= 4 is 23.2 Å². The molecule has 3 rings (SSSR count). The second-order valence-corrected chi connectivity index (χ2v) is 6.82. The lowest BCUT2D eigenvalue weighted by Crippen LogP contribution is -2.47. The number of methoxy groups -OCH3 is 1. The summed E-state index contributed by atoms with van der Waals surface area (Å²) in [7, 11) is 1.62. The molecule has 0 aromatic heterocycles. The monoisotopic (exact) mass is 367 g/mol. The number of carbonyl (C=O) groups excluding carboxylic acids is 2. The van der Waals surface area contributed by atoms with Gasteiger partial charge in [0, 0.05) is 24.0 Å². The molecule has 0 unspecified atom stereocenters. The average molecular weight is 367 g/mol. The molecule has 6 heteroatoms. The number of benzene rings is 2. The molecule has 2 amide bonds. The molecule has 0 radical (unpaired) electrons. The Hall–Kier alpha value is -2.70. The Kier molecular flexibility index (Phi) is 6.21. The molecule has 0 aliphatic carbocycles. The molecule has 0 bridgehead atoms. The fourth-order valence-corrected chi connectivity index (χ4v) is 3.35. The summed E-state index contributed by atoms with van der Waals surface area (Å²) in [6.45, 7) is 1.98. The van der Waals surface area contributed by atoms with E-state index in [1.807, 2.05) is 30.3 Å². The smallest absolute Gasteiger partial charge is 0.255 e. The minimum atomic E-state index is -0.525. The lowest BCUT2D eigenvalue weighted by Gasteiger charge is -2.35. The SMILES string of the molecule is COCC1(C(=O)Nc2cccc(NC(=O)c3ccccc3)c2)CCNCC1. The third-order valence-electron chi connectivity index (χ3n) is 4.88. The molecule has 27 heavy (non-hydrogen) atoms. The van der Waals surface area contributed by atoms with Crippen molar-refractivity contribution in [1.29, 1.82) is 0 Å². The van der Waals surface area contributed by atoms with E-state index in [0.717, 1.165) is 25.9 Å². The summed E-state index contributed by atoms with van der Waals surface area (Å²) in [6, 6.07) is 16.2. The summed E-state index contributed by atoms with van der Waals surface area (Å²) >= 11 is 0. The minimum absolute atomic E-state index is 0.0441. The van der Waals surface area contributed by atoms with Gasteiger partial charge in [-0.2, -0.15) is 0 Å². The van der Waals surface area contributed by atoms with E-state index in [9.17, 15) is 9.59 Å². The Labute approximate surface area is 159 Å². The van der Waals surface area contributed by atoms with Crippen LogP contribution in [0.25, 0.3) is 0 Å². The molecule has 3 N–H and O–H groups in total. The van der Waals surface area contributed by atoms with Gasteiger partial charge in [-0.1, -0.05) is 24.3 Å². The van der Waals surface area contributed by atoms with Crippen molar-refractivity contribution in [3.63, 3.8) is 0 Å². The van der Waals surface area contributed by atoms with Crippen LogP contribution < -0.4 is 16.0 Å². The zero-order valence-corrected chi connectivity index (χ0v) is 15.5. The van der Waals surface area contributed by atoms with Crippen molar-refractivity contribution in [2.45, 2.75) is 12.8 Å². The molecular formula is C21H25N3O3. The fraction of sp³-hybridized carbons (Fsp3) is 0.333. The first-order valence-corrected chi connectivity index (χ1v) is 9.10. The standard InChI is InChI=1S/C21H25N3O3/c1-27-15-21(10-12-22-13-11-21)20(26)24-18-9-5-8-17(14-18)23-19(25)16-6-3-2-4-7-16/h2-9,14,22H,10-13,15H2,1H3,(H,23,25)(H,24,26). The number of carbonyl (C=O) groups is 2. The molecule has 1 heterocycles. The Balaban J connectivity index is 1.69. The molecule has 1 fully saturated rings. The maximum absolute atomic E-state index is 12.9. The Morgan fingerprint density at radius 3 is 2.33 bits per heavy atom. The third-order valence-corrected chi connectivity index (χ3v) is 4.88. The van der Waals surface area contributed by atoms with Crippen LogP contribution in [0.15, 0.2) is 54.6 Å². The van der Waals surface area contributed by atoms with Crippen LogP contribution in [-0.2, 0) is 9.53 Å². The van der Waals surface area contributed by atoms with Crippen LogP contribution in [0.1, 0.15) is 23.2 Å². The largest absolute Gasteiger partial charge is 0.384 e. The number of hydrogen-bond donors (Lipinski definition) is 3. The van der Waals surface area contributed by atoms with Gasteiger partial charge >= 0.3 is 0 Å². The van der Waals surface area contributed by atoms with Crippen LogP contribution in [0.5, 0.6) is 0 Å². The summed E-state index contributed by atoms with van der Waals surface area (Å²) in [5, 5.41) is 9.13. The van der Waals surface area contributed by atoms with E-state index in [0.29, 0.717) is 23.5 Å². The average Bonchev–Trinajstić information content (AvgIpc) is 2.70. The highest BCUT2D eigenvalue weighted by atomic mass is 16.5. The summed E-state index contributed by atoms with van der Waals surface area (Å²) in [5.74, 6) is -0.231. The predicted octanol–water partition coefficient (Wildman–Crippen LogP) is 2.89. The quantitative estimate of drug-likeness (QED) is 0.733. The van der Waals surface area contributed by atoms with Crippen LogP contribution >= 0.6 is 0 Å². The highest BCUT2D eigenvalue weighted by molar-refractivity contribution is 6.04. The summed E-state index contributed by atoms with van der Waals surface area (Å²) in [5.41, 5.74) is 1.34. The molecule has 0 spiro atoms. The van der Waals surface area contributed by atoms with Crippen molar-refractivity contribution in [2.75, 3.05) is 37.4 Å². The van der Waals surface area contributed by atoms with E-state index < -0.39 is 5.41 Å². The van der Waals surface area contributed by atoms with E-state index in [2.05, 4.69) is 16.0 Å². The van der Waals surface area contributed by atoms with Crippen molar-refractivity contribution in [3.05, 3.63) is 60.2 Å². The second-order valence-electron chi connectivity index (χ2n) is 6.82. The van der Waals surface area contributed by atoms with Crippen molar-refractivity contribution in [2.24, 2.45) is 5.41 Å². The number of anilines is 2. The van der Waals surface area contributed by atoms with Gasteiger partial charge in [-0.15, -0.1) is 0 Å². The minimum Gasteiger partial charge on any atom is -0.384 e. The normalized spacial score (nSPS) is 15.7. The number of hydrogen-bond acceptors (Lipinski definition) is 4. The van der Waals surface area contributed by atoms with Gasteiger partial charge < -0.3 is 20.7 Å². The van der Waals surface area contributed by atoms with E-state index >= 15 is 0 Å². The van der Waals surface area contributed by atoms with Crippen molar-refractivity contribution in [1.82, 2.24) is 5.32 Å². The topological polar surface area (TPSA) is 79.5 Å². The van der Waals surface area contributed by atoms with Crippen LogP contribution in [0.3, 0.4) is 0 Å². The van der Waals surface area contributed by atoms with Gasteiger partial charge in [-0.25, -0.2) is 0 Å². The summed E-state index contributed by atoms with van der Waals surface area (Å²) < 4.78 is 5.32. The number of nitrogens with one attached hydrogen (secondary N) is 3. The molecule has 1 aliphatic heterocycles. The van der Waals surface area contributed by atoms with Gasteiger partial charge in [-0.3, -0.25) is 9.59 Å². The number of piperidine rings is 1. The lowest BCUT2D eigenvalue weighted by atomic mass is 9.78. The second kappa shape index (κ2) is 8.79. The molecule has 1 aliphatic rings. The first-order valence-electron chi connectivity index (χ1n) is 9.10. The van der Waals surface area contributed by atoms with E-state index in [1.54, 1.807) is 31.4 Å². The Bertz CT molecular complexity index is 781. The number of rotatable bonds is 6. The third kappa shape index (κ3) is 4.72. The highest BCUT2D eigenvalue weighted by Gasteiger charge is 2.39. The van der Waals surface area contributed by atoms with Crippen LogP contribution in [0.2, 0.25) is 0 Å².